The zero-order chi connectivity index (χ0) is 33.3. The van der Waals surface area contributed by atoms with E-state index in [0.29, 0.717) is 29.5 Å². The number of hydrogen-bond acceptors (Lipinski definition) is 7. The molecule has 8 heteroatoms. The van der Waals surface area contributed by atoms with Crippen LogP contribution in [0.25, 0.3) is 0 Å². The van der Waals surface area contributed by atoms with Gasteiger partial charge in [0.15, 0.2) is 0 Å². The van der Waals surface area contributed by atoms with E-state index >= 15 is 0 Å². The molecular formula is C38H55NO7. The van der Waals surface area contributed by atoms with E-state index in [1.807, 2.05) is 30.3 Å². The molecule has 1 N–H and O–H groups in total. The van der Waals surface area contributed by atoms with Crippen LogP contribution in [0.2, 0.25) is 0 Å². The number of nitrogens with one attached hydrogen (secondary N) is 1. The summed E-state index contributed by atoms with van der Waals surface area (Å²) >= 11 is 0. The van der Waals surface area contributed by atoms with Gasteiger partial charge in [0.05, 0.1) is 0 Å². The Morgan fingerprint density at radius 1 is 0.913 bits per heavy atom. The van der Waals surface area contributed by atoms with Gasteiger partial charge in [0.25, 0.3) is 0 Å². The molecule has 4 aliphatic rings. The Morgan fingerprint density at radius 2 is 1.61 bits per heavy atom. The molecule has 0 heterocycles. The number of ether oxygens (including phenoxy) is 3. The lowest BCUT2D eigenvalue weighted by Crippen LogP contribution is -2.54. The molecule has 4 saturated carbocycles. The zero-order valence-corrected chi connectivity index (χ0v) is 28.8. The van der Waals surface area contributed by atoms with Crippen LogP contribution in [0.3, 0.4) is 0 Å². The first-order chi connectivity index (χ1) is 21.7. The van der Waals surface area contributed by atoms with E-state index in [-0.39, 0.29) is 42.3 Å². The molecule has 3 unspecified atom stereocenters. The molecule has 5 rings (SSSR count). The second kappa shape index (κ2) is 13.7. The third kappa shape index (κ3) is 7.46. The SMILES string of the molecule is CC(=O)[C@H]1CCC2C3CC[C@@H]4C[C@H](OC(=O)[C@H](CCC(=O)OCc5ccccc5)NC(=O)OC(C)(C)C)CC[C@]4(C)C3CC[C@@]21C. The molecule has 46 heavy (non-hydrogen) atoms. The normalized spacial score (nSPS) is 34.2. The summed E-state index contributed by atoms with van der Waals surface area (Å²) in [6, 6.07) is 8.39. The van der Waals surface area contributed by atoms with Crippen molar-refractivity contribution in [2.45, 2.75) is 137 Å². The van der Waals surface area contributed by atoms with Crippen molar-refractivity contribution in [2.24, 2.45) is 40.4 Å². The number of carbonyl (C=O) groups excluding carboxylic acids is 4. The van der Waals surface area contributed by atoms with Crippen molar-refractivity contribution < 1.29 is 33.4 Å². The first kappa shape index (κ1) is 34.4. The Bertz CT molecular complexity index is 1270. The fraction of sp³-hybridized carbons (Fsp3) is 0.737. The first-order valence-electron chi connectivity index (χ1n) is 17.6. The Balaban J connectivity index is 1.19. The molecule has 1 amide bonds. The number of carbonyl (C=O) groups is 4. The van der Waals surface area contributed by atoms with E-state index in [0.717, 1.165) is 44.1 Å². The average Bonchev–Trinajstić information content (AvgIpc) is 3.35. The number of fused-ring (bicyclic) bond motifs is 5. The van der Waals surface area contributed by atoms with E-state index in [4.69, 9.17) is 14.2 Å². The first-order valence-corrected chi connectivity index (χ1v) is 17.6. The molecule has 0 aromatic heterocycles. The van der Waals surface area contributed by atoms with Crippen LogP contribution in [0.1, 0.15) is 118 Å². The van der Waals surface area contributed by atoms with Gasteiger partial charge in [-0.15, -0.1) is 0 Å². The number of Topliss-reactive ketones (excluding diaryl/α,β-unsaturated/α-hetero) is 1. The third-order valence-corrected chi connectivity index (χ3v) is 12.2. The summed E-state index contributed by atoms with van der Waals surface area (Å²) in [6.07, 6.45) is 8.54. The molecule has 1 aromatic rings. The third-order valence-electron chi connectivity index (χ3n) is 12.2. The van der Waals surface area contributed by atoms with Crippen molar-refractivity contribution in [1.82, 2.24) is 5.32 Å². The minimum atomic E-state index is -1.02. The monoisotopic (exact) mass is 637 g/mol. The van der Waals surface area contributed by atoms with Gasteiger partial charge in [-0.25, -0.2) is 9.59 Å². The highest BCUT2D eigenvalue weighted by atomic mass is 16.6. The number of rotatable bonds is 9. The number of ketones is 1. The molecule has 0 saturated heterocycles. The summed E-state index contributed by atoms with van der Waals surface area (Å²) in [7, 11) is 0. The molecule has 0 bridgehead atoms. The van der Waals surface area contributed by atoms with Gasteiger partial charge < -0.3 is 19.5 Å². The molecule has 8 nitrogen and oxygen atoms in total. The van der Waals surface area contributed by atoms with Gasteiger partial charge in [-0.05, 0) is 132 Å². The maximum Gasteiger partial charge on any atom is 0.408 e. The molecule has 0 radical (unpaired) electrons. The zero-order valence-electron chi connectivity index (χ0n) is 28.8. The summed E-state index contributed by atoms with van der Waals surface area (Å²) in [5.41, 5.74) is 0.496. The van der Waals surface area contributed by atoms with Crippen molar-refractivity contribution in [1.29, 1.82) is 0 Å². The van der Waals surface area contributed by atoms with Crippen LogP contribution < -0.4 is 5.32 Å². The highest BCUT2D eigenvalue weighted by Gasteiger charge is 2.61. The number of benzene rings is 1. The fourth-order valence-electron chi connectivity index (χ4n) is 10.0. The van der Waals surface area contributed by atoms with Gasteiger partial charge in [0.1, 0.15) is 30.1 Å². The number of hydrogen-bond donors (Lipinski definition) is 1. The number of amides is 1. The largest absolute Gasteiger partial charge is 0.461 e. The lowest BCUT2D eigenvalue weighted by Gasteiger charge is -2.61. The van der Waals surface area contributed by atoms with Gasteiger partial charge in [0.2, 0.25) is 0 Å². The summed E-state index contributed by atoms with van der Waals surface area (Å²) in [5, 5.41) is 2.66. The summed E-state index contributed by atoms with van der Waals surface area (Å²) in [6.45, 7) is 12.1. The molecule has 0 aliphatic heterocycles. The summed E-state index contributed by atoms with van der Waals surface area (Å²) < 4.78 is 16.9. The average molecular weight is 638 g/mol. The molecule has 254 valence electrons. The summed E-state index contributed by atoms with van der Waals surface area (Å²) in [5.74, 6) is 2.04. The number of esters is 2. The second-order valence-corrected chi connectivity index (χ2v) is 16.2. The predicted octanol–water partition coefficient (Wildman–Crippen LogP) is 7.56. The predicted molar refractivity (Wildman–Crippen MR) is 174 cm³/mol. The van der Waals surface area contributed by atoms with Crippen molar-refractivity contribution in [3.05, 3.63) is 35.9 Å². The highest BCUT2D eigenvalue weighted by Crippen LogP contribution is 2.67. The molecule has 0 spiro atoms. The fourth-order valence-corrected chi connectivity index (χ4v) is 10.0. The Kier molecular flexibility index (Phi) is 10.2. The quantitative estimate of drug-likeness (QED) is 0.220. The number of alkyl carbamates (subject to hydrolysis) is 1. The van der Waals surface area contributed by atoms with Crippen LogP contribution in [0.15, 0.2) is 30.3 Å². The molecule has 4 fully saturated rings. The van der Waals surface area contributed by atoms with Crippen LogP contribution in [0.4, 0.5) is 4.79 Å². The Morgan fingerprint density at radius 3 is 2.30 bits per heavy atom. The van der Waals surface area contributed by atoms with Crippen molar-refractivity contribution in [3.63, 3.8) is 0 Å². The van der Waals surface area contributed by atoms with E-state index in [1.54, 1.807) is 27.7 Å². The lowest BCUT2D eigenvalue weighted by molar-refractivity contribution is -0.165. The molecule has 9 atom stereocenters. The Hall–Kier alpha value is -2.90. The second-order valence-electron chi connectivity index (χ2n) is 16.2. The maximum absolute atomic E-state index is 13.5. The summed E-state index contributed by atoms with van der Waals surface area (Å²) in [4.78, 5) is 51.3. The van der Waals surface area contributed by atoms with E-state index in [9.17, 15) is 19.2 Å². The Labute approximate surface area is 275 Å². The minimum Gasteiger partial charge on any atom is -0.461 e. The van der Waals surface area contributed by atoms with Crippen LogP contribution in [0, 0.1) is 40.4 Å². The van der Waals surface area contributed by atoms with Crippen LogP contribution in [-0.2, 0) is 35.2 Å². The van der Waals surface area contributed by atoms with Gasteiger partial charge in [-0.1, -0.05) is 44.2 Å². The van der Waals surface area contributed by atoms with E-state index in [2.05, 4.69) is 19.2 Å². The molecular weight excluding hydrogens is 582 g/mol. The van der Waals surface area contributed by atoms with Crippen LogP contribution >= 0.6 is 0 Å². The van der Waals surface area contributed by atoms with Gasteiger partial charge in [-0.3, -0.25) is 9.59 Å². The maximum atomic E-state index is 13.5. The van der Waals surface area contributed by atoms with E-state index < -0.39 is 29.7 Å². The molecule has 4 aliphatic carbocycles. The van der Waals surface area contributed by atoms with Gasteiger partial charge in [0, 0.05) is 12.3 Å². The van der Waals surface area contributed by atoms with Gasteiger partial charge in [-0.2, -0.15) is 0 Å². The van der Waals surface area contributed by atoms with E-state index in [1.165, 1.54) is 19.3 Å². The smallest absolute Gasteiger partial charge is 0.408 e. The van der Waals surface area contributed by atoms with Crippen molar-refractivity contribution in [3.8, 4) is 0 Å². The highest BCUT2D eigenvalue weighted by molar-refractivity contribution is 5.82. The standard InChI is InChI=1S/C38H55NO7/c1-24(40)29-14-15-30-28-13-12-26-22-27(18-20-37(26,5)31(28)19-21-38(29,30)6)45-34(42)32(39-35(43)46-36(2,3)4)16-17-33(41)44-23-25-10-8-7-9-11-25/h7-11,26-32H,12-23H2,1-6H3,(H,39,43)/t26-,27-,28?,29-,30?,31?,32+,37+,38-/m1/s1. The topological polar surface area (TPSA) is 108 Å². The minimum absolute atomic E-state index is 0.0403. The van der Waals surface area contributed by atoms with Crippen LogP contribution in [-0.4, -0.2) is 41.6 Å². The van der Waals surface area contributed by atoms with Crippen LogP contribution in [0.5, 0.6) is 0 Å². The van der Waals surface area contributed by atoms with Crippen molar-refractivity contribution in [2.75, 3.05) is 0 Å². The lowest BCUT2D eigenvalue weighted by atomic mass is 9.44. The van der Waals surface area contributed by atoms with Crippen molar-refractivity contribution >= 4 is 23.8 Å². The van der Waals surface area contributed by atoms with Gasteiger partial charge >= 0.3 is 18.0 Å². The molecule has 1 aromatic carbocycles.